The molecule has 0 nitrogen and oxygen atoms in total. The van der Waals surface area contributed by atoms with E-state index in [1.807, 2.05) is 6.07 Å². The molecule has 0 radical (unpaired) electrons. The maximum atomic E-state index is 2.40. The predicted octanol–water partition coefficient (Wildman–Crippen LogP) is 25.6. The van der Waals surface area contributed by atoms with E-state index >= 15 is 0 Å². The van der Waals surface area contributed by atoms with Crippen molar-refractivity contribution in [2.75, 3.05) is 0 Å². The van der Waals surface area contributed by atoms with Gasteiger partial charge in [-0.25, -0.2) is 0 Å². The van der Waals surface area contributed by atoms with Crippen LogP contribution < -0.4 is 0 Å². The zero-order valence-corrected chi connectivity index (χ0v) is 55.4. The van der Waals surface area contributed by atoms with E-state index in [1.165, 1.54) is 161 Å². The quantitative estimate of drug-likeness (QED) is 0.165. The summed E-state index contributed by atoms with van der Waals surface area (Å²) < 4.78 is 0. The van der Waals surface area contributed by atoms with Crippen molar-refractivity contribution in [3.05, 3.63) is 407 Å². The van der Waals surface area contributed by atoms with E-state index in [0.717, 1.165) is 0 Å². The van der Waals surface area contributed by atoms with Gasteiger partial charge in [-0.15, -0.1) is 0 Å². The highest BCUT2D eigenvalue weighted by Gasteiger charge is 2.51. The lowest BCUT2D eigenvalue weighted by molar-refractivity contribution is 0.660. The Morgan fingerprint density at radius 3 is 1.03 bits per heavy atom. The van der Waals surface area contributed by atoms with Crippen molar-refractivity contribution in [3.63, 3.8) is 0 Å². The van der Waals surface area contributed by atoms with Crippen molar-refractivity contribution < 1.29 is 0 Å². The largest absolute Gasteiger partial charge is 0.0725 e. The van der Waals surface area contributed by atoms with Gasteiger partial charge in [0.1, 0.15) is 0 Å². The molecule has 0 unspecified atom stereocenters. The summed E-state index contributed by atoms with van der Waals surface area (Å²) in [6, 6.07) is 125. The molecule has 3 aliphatic rings. The second kappa shape index (κ2) is 26.4. The van der Waals surface area contributed by atoms with Gasteiger partial charge < -0.3 is 0 Å². The maximum Gasteiger partial charge on any atom is 0.0725 e. The first-order valence-electron chi connectivity index (χ1n) is 33.4. The standard InChI is InChI=1S/C26H18.C19H16.2C17H14.C16H16/c1-17-14-15-21-20-10-4-7-13-24(20)26(25(21)16-17)22-11-5-2-8-18(22)19-9-3-6-12-23(19)26;1-15-7-9-17(10-8-15)19-13-11-18(12-14-19)16-5-3-2-4-6-16;1-13-9-11-15(12-10-13)17-8-4-6-14-5-2-3-7-16(14)17;1-13-6-8-15(9-7-13)17-11-10-14-4-2-3-5-16(14)12-17;1-11-8-9-13-12-6-4-5-7-14(12)16(2,3)15(13)10-11/h2-16H,1H3;2-14H,1H3;2*2-12H,1H3;4-10H,1-3H3. The number of rotatable bonds is 4. The molecule has 0 heterocycles. The number of fused-ring (bicyclic) bond motifs is 15. The van der Waals surface area contributed by atoms with Crippen LogP contribution in [0.15, 0.2) is 346 Å². The van der Waals surface area contributed by atoms with E-state index in [1.54, 1.807) is 0 Å². The molecule has 0 saturated heterocycles. The highest BCUT2D eigenvalue weighted by molar-refractivity contribution is 5.97. The lowest BCUT2D eigenvalue weighted by Crippen LogP contribution is -2.25. The lowest BCUT2D eigenvalue weighted by Gasteiger charge is -2.30. The zero-order chi connectivity index (χ0) is 65.0. The normalized spacial score (nSPS) is 12.5. The molecule has 0 atom stereocenters. The van der Waals surface area contributed by atoms with Crippen molar-refractivity contribution in [1.82, 2.24) is 0 Å². The average Bonchev–Trinajstić information content (AvgIpc) is 1.51. The Kier molecular flexibility index (Phi) is 17.1. The minimum absolute atomic E-state index is 0.151. The summed E-state index contributed by atoms with van der Waals surface area (Å²) in [5, 5.41) is 5.21. The van der Waals surface area contributed by atoms with Gasteiger partial charge in [0, 0.05) is 5.41 Å². The van der Waals surface area contributed by atoms with Crippen molar-refractivity contribution in [2.45, 2.75) is 59.3 Å². The van der Waals surface area contributed by atoms with Crippen LogP contribution in [0.5, 0.6) is 0 Å². The fraction of sp³-hybridized carbons (Fsp3) is 0.0947. The van der Waals surface area contributed by atoms with Crippen molar-refractivity contribution in [3.8, 4) is 77.9 Å². The summed E-state index contributed by atoms with van der Waals surface area (Å²) in [4.78, 5) is 0. The molecule has 0 heteroatoms. The Balaban J connectivity index is 0.000000104. The van der Waals surface area contributed by atoms with E-state index in [4.69, 9.17) is 0 Å². The molecule has 0 bridgehead atoms. The molecule has 0 aliphatic heterocycles. The van der Waals surface area contributed by atoms with Gasteiger partial charge in [-0.2, -0.15) is 0 Å². The summed E-state index contributed by atoms with van der Waals surface area (Å²) in [6.07, 6.45) is 0. The van der Waals surface area contributed by atoms with E-state index in [2.05, 4.69) is 388 Å². The molecule has 0 aromatic heterocycles. The molecule has 0 fully saturated rings. The van der Waals surface area contributed by atoms with Crippen LogP contribution in [0.1, 0.15) is 75.0 Å². The fourth-order valence-corrected chi connectivity index (χ4v) is 14.6. The second-order valence-corrected chi connectivity index (χ2v) is 26.3. The fourth-order valence-electron chi connectivity index (χ4n) is 14.6. The van der Waals surface area contributed by atoms with Crippen molar-refractivity contribution in [1.29, 1.82) is 0 Å². The van der Waals surface area contributed by atoms with E-state index in [-0.39, 0.29) is 10.8 Å². The number of benzene rings is 15. The van der Waals surface area contributed by atoms with Gasteiger partial charge in [0.15, 0.2) is 0 Å². The van der Waals surface area contributed by atoms with Gasteiger partial charge in [0.2, 0.25) is 0 Å². The smallest absolute Gasteiger partial charge is 0.0622 e. The van der Waals surface area contributed by atoms with Gasteiger partial charge >= 0.3 is 0 Å². The van der Waals surface area contributed by atoms with Crippen LogP contribution in [-0.4, -0.2) is 0 Å². The Hall–Kier alpha value is -11.2. The third kappa shape index (κ3) is 12.1. The topological polar surface area (TPSA) is 0 Å². The molecular formula is C95H78. The first-order valence-corrected chi connectivity index (χ1v) is 33.4. The van der Waals surface area contributed by atoms with Crippen LogP contribution in [0.4, 0.5) is 0 Å². The molecule has 0 saturated carbocycles. The molecule has 0 N–H and O–H groups in total. The lowest BCUT2D eigenvalue weighted by atomic mass is 9.70. The van der Waals surface area contributed by atoms with Crippen molar-refractivity contribution in [2.24, 2.45) is 0 Å². The predicted molar refractivity (Wildman–Crippen MR) is 407 cm³/mol. The van der Waals surface area contributed by atoms with E-state index in [0.29, 0.717) is 0 Å². The molecular weight excluding hydrogens is 1140 g/mol. The molecule has 458 valence electrons. The second-order valence-electron chi connectivity index (χ2n) is 26.3. The summed E-state index contributed by atoms with van der Waals surface area (Å²) in [7, 11) is 0. The van der Waals surface area contributed by atoms with Crippen LogP contribution in [0.25, 0.3) is 99.4 Å². The number of hydrogen-bond acceptors (Lipinski definition) is 0. The van der Waals surface area contributed by atoms with Crippen LogP contribution in [0, 0.1) is 34.6 Å². The monoisotopic (exact) mass is 1220 g/mol. The van der Waals surface area contributed by atoms with Gasteiger partial charge in [-0.3, -0.25) is 0 Å². The third-order valence-corrected chi connectivity index (χ3v) is 19.6. The molecule has 15 aromatic carbocycles. The maximum absolute atomic E-state index is 2.40. The van der Waals surface area contributed by atoms with E-state index < -0.39 is 0 Å². The highest BCUT2D eigenvalue weighted by atomic mass is 14.5. The Bertz CT molecular complexity index is 5140. The van der Waals surface area contributed by atoms with Gasteiger partial charge in [-0.05, 0) is 173 Å². The van der Waals surface area contributed by atoms with Gasteiger partial charge in [0.05, 0.1) is 5.41 Å². The zero-order valence-electron chi connectivity index (χ0n) is 55.4. The van der Waals surface area contributed by atoms with E-state index in [9.17, 15) is 0 Å². The molecule has 15 aromatic rings. The Morgan fingerprint density at radius 2 is 0.505 bits per heavy atom. The molecule has 1 spiro atoms. The Labute approximate surface area is 562 Å². The van der Waals surface area contributed by atoms with Crippen LogP contribution >= 0.6 is 0 Å². The minimum atomic E-state index is -0.189. The van der Waals surface area contributed by atoms with Crippen LogP contribution in [-0.2, 0) is 10.8 Å². The summed E-state index contributed by atoms with van der Waals surface area (Å²) in [6.45, 7) is 15.3. The summed E-state index contributed by atoms with van der Waals surface area (Å²) in [5.41, 5.74) is 33.6. The summed E-state index contributed by atoms with van der Waals surface area (Å²) in [5.74, 6) is 0. The molecule has 18 rings (SSSR count). The first kappa shape index (κ1) is 61.3. The highest BCUT2D eigenvalue weighted by Crippen LogP contribution is 2.62. The number of hydrogen-bond donors (Lipinski definition) is 0. The van der Waals surface area contributed by atoms with Crippen LogP contribution in [0.3, 0.4) is 0 Å². The minimum Gasteiger partial charge on any atom is -0.0622 e. The van der Waals surface area contributed by atoms with Gasteiger partial charge in [0.25, 0.3) is 0 Å². The van der Waals surface area contributed by atoms with Crippen molar-refractivity contribution >= 4 is 21.5 Å². The Morgan fingerprint density at radius 1 is 0.179 bits per heavy atom. The third-order valence-electron chi connectivity index (χ3n) is 19.6. The first-order chi connectivity index (χ1) is 46.4. The molecule has 95 heavy (non-hydrogen) atoms. The SMILES string of the molecule is Cc1ccc(-c2ccc(-c3ccccc3)cc2)cc1.Cc1ccc(-c2ccc3ccccc3c2)cc1.Cc1ccc(-c2cccc3ccccc23)cc1.Cc1ccc2c(c1)C(C)(C)c1ccccc1-2.Cc1ccc2c(c1)C1(c3ccccc3-c3ccccc31)c1ccccc1-2. The summed E-state index contributed by atoms with van der Waals surface area (Å²) >= 11 is 0. The number of aryl methyl sites for hydroxylation is 5. The molecule has 0 amide bonds. The van der Waals surface area contributed by atoms with Gasteiger partial charge in [-0.1, -0.05) is 381 Å². The van der Waals surface area contributed by atoms with Crippen LogP contribution in [0.2, 0.25) is 0 Å². The average molecular weight is 1220 g/mol. The molecule has 3 aliphatic carbocycles.